The van der Waals surface area contributed by atoms with Crippen LogP contribution >= 0.6 is 0 Å². The minimum atomic E-state index is -0.665. The Balaban J connectivity index is 1.25. The minimum absolute atomic E-state index is 0.169. The van der Waals surface area contributed by atoms with Gasteiger partial charge in [-0.1, -0.05) is 24.3 Å². The maximum Gasteiger partial charge on any atom is 0.276 e. The van der Waals surface area contributed by atoms with Gasteiger partial charge in [0.1, 0.15) is 40.5 Å². The lowest BCUT2D eigenvalue weighted by atomic mass is 9.95. The molecule has 1 aliphatic rings. The summed E-state index contributed by atoms with van der Waals surface area (Å²) in [5.74, 6) is -0.519. The second-order valence-corrected chi connectivity index (χ2v) is 15.3. The second kappa shape index (κ2) is 19.2. The first kappa shape index (κ1) is 43.8. The number of aryl methyl sites for hydroxylation is 4. The average Bonchev–Trinajstić information content (AvgIpc) is 4.04. The number of carbonyl (C=O) groups is 4. The zero-order valence-corrected chi connectivity index (χ0v) is 36.1. The van der Waals surface area contributed by atoms with Gasteiger partial charge in [-0.2, -0.15) is 10.2 Å². The Bertz CT molecular complexity index is 2750. The predicted molar refractivity (Wildman–Crippen MR) is 238 cm³/mol. The zero-order chi connectivity index (χ0) is 44.8. The van der Waals surface area contributed by atoms with E-state index in [4.69, 9.17) is 30.9 Å². The van der Waals surface area contributed by atoms with Crippen molar-refractivity contribution in [2.24, 2.45) is 17.4 Å². The first-order chi connectivity index (χ1) is 30.4. The van der Waals surface area contributed by atoms with Crippen molar-refractivity contribution in [1.29, 1.82) is 0 Å². The van der Waals surface area contributed by atoms with Crippen LogP contribution in [0.1, 0.15) is 86.2 Å². The van der Waals surface area contributed by atoms with Gasteiger partial charge >= 0.3 is 0 Å². The van der Waals surface area contributed by atoms with Gasteiger partial charge < -0.3 is 35.4 Å². The molecule has 4 aromatic heterocycles. The van der Waals surface area contributed by atoms with Gasteiger partial charge in [0.15, 0.2) is 0 Å². The van der Waals surface area contributed by atoms with Crippen molar-refractivity contribution >= 4 is 57.6 Å². The molecule has 6 aromatic rings. The molecular formula is C44H53N13O6. The van der Waals surface area contributed by atoms with E-state index in [1.807, 2.05) is 39.0 Å². The highest BCUT2D eigenvalue weighted by Gasteiger charge is 2.24. The molecule has 1 fully saturated rings. The van der Waals surface area contributed by atoms with Crippen LogP contribution in [0.25, 0.3) is 22.1 Å². The lowest BCUT2D eigenvalue weighted by Gasteiger charge is -2.20. The lowest BCUT2D eigenvalue weighted by molar-refractivity contribution is 0.0991. The van der Waals surface area contributed by atoms with Gasteiger partial charge in [0.05, 0.1) is 29.5 Å². The van der Waals surface area contributed by atoms with Gasteiger partial charge in [0.25, 0.3) is 11.8 Å². The summed E-state index contributed by atoms with van der Waals surface area (Å²) in [5, 5.41) is 18.1. The number of rotatable bonds is 18. The van der Waals surface area contributed by atoms with Crippen molar-refractivity contribution in [1.82, 2.24) is 44.0 Å². The first-order valence-electron chi connectivity index (χ1n) is 21.0. The lowest BCUT2D eigenvalue weighted by Crippen LogP contribution is -2.27. The number of carbonyl (C=O) groups excluding carboxylic acids is 4. The Kier molecular flexibility index (Phi) is 13.3. The normalized spacial score (nSPS) is 13.4. The van der Waals surface area contributed by atoms with E-state index in [2.05, 4.69) is 32.2 Å². The fourth-order valence-electron chi connectivity index (χ4n) is 7.80. The zero-order valence-electron chi connectivity index (χ0n) is 36.1. The summed E-state index contributed by atoms with van der Waals surface area (Å²) < 4.78 is 18.8. The highest BCUT2D eigenvalue weighted by Crippen LogP contribution is 2.33. The number of nitrogens with one attached hydrogen (secondary N) is 3. The molecule has 330 valence electrons. The van der Waals surface area contributed by atoms with E-state index in [0.29, 0.717) is 75.3 Å². The first-order valence-corrected chi connectivity index (χ1v) is 21.0. The molecule has 0 bridgehead atoms. The fourth-order valence-corrected chi connectivity index (χ4v) is 7.80. The predicted octanol–water partition coefficient (Wildman–Crippen LogP) is 4.73. The number of aromatic nitrogens is 8. The van der Waals surface area contributed by atoms with Crippen molar-refractivity contribution in [2.75, 3.05) is 37.4 Å². The summed E-state index contributed by atoms with van der Waals surface area (Å²) in [7, 11) is 1.47. The number of fused-ring (bicyclic) bond motifs is 2. The van der Waals surface area contributed by atoms with Crippen LogP contribution in [0.2, 0.25) is 0 Å². The van der Waals surface area contributed by atoms with Crippen molar-refractivity contribution in [3.05, 3.63) is 94.6 Å². The number of hydrogen-bond donors (Lipinski definition) is 5. The molecule has 1 aliphatic heterocycles. The number of anilines is 2. The van der Waals surface area contributed by atoms with Crippen LogP contribution in [0.3, 0.4) is 0 Å². The van der Waals surface area contributed by atoms with E-state index in [9.17, 15) is 19.2 Å². The third-order valence-corrected chi connectivity index (χ3v) is 10.9. The van der Waals surface area contributed by atoms with Gasteiger partial charge in [0.2, 0.25) is 23.7 Å². The topological polar surface area (TPSA) is 246 Å². The summed E-state index contributed by atoms with van der Waals surface area (Å²) in [6.07, 6.45) is 11.0. The van der Waals surface area contributed by atoms with Crippen LogP contribution in [0, 0.1) is 19.8 Å². The van der Waals surface area contributed by atoms with Crippen LogP contribution in [-0.4, -0.2) is 89.1 Å². The number of ether oxygens (including phenoxy) is 2. The molecule has 0 unspecified atom stereocenters. The monoisotopic (exact) mass is 859 g/mol. The standard InChI is InChI=1S/C44H53N13O6/c1-6-56-33(20-26(3)52-56)41(60)50-43-48-31-22-29(39(45)58)24-35(62-5)37(31)54(43)17-9-10-18-55-38-32(49-44(55)51-42(61)34-21-27(4)53-57(34)7-2)23-30(40(46)59)25-36(38)63-19-11-8-12-28-13-15-47-16-14-28/h8-11,20-25,28,47H,6-7,12-19H2,1-5H3,(H2,45,58)(H2,46,59)(H,48,50,60)(H,49,51,61)/b10-9+,11-8+. The van der Waals surface area contributed by atoms with Gasteiger partial charge in [0, 0.05) is 37.3 Å². The van der Waals surface area contributed by atoms with Crippen molar-refractivity contribution in [2.45, 2.75) is 73.1 Å². The van der Waals surface area contributed by atoms with Crippen LogP contribution < -0.4 is 36.9 Å². The van der Waals surface area contributed by atoms with Crippen molar-refractivity contribution < 1.29 is 28.7 Å². The summed E-state index contributed by atoms with van der Waals surface area (Å²) in [4.78, 5) is 61.8. The Labute approximate surface area is 363 Å². The Morgan fingerprint density at radius 2 is 1.22 bits per heavy atom. The number of allylic oxidation sites excluding steroid dienone is 3. The second-order valence-electron chi connectivity index (χ2n) is 15.3. The Hall–Kier alpha value is -7.28. The number of imidazole rings is 2. The molecule has 63 heavy (non-hydrogen) atoms. The van der Waals surface area contributed by atoms with E-state index in [-0.39, 0.29) is 42.7 Å². The molecule has 2 aromatic carbocycles. The maximum atomic E-state index is 13.8. The average molecular weight is 860 g/mol. The van der Waals surface area contributed by atoms with E-state index in [1.165, 1.54) is 13.2 Å². The van der Waals surface area contributed by atoms with E-state index < -0.39 is 23.6 Å². The summed E-state index contributed by atoms with van der Waals surface area (Å²) >= 11 is 0. The third kappa shape index (κ3) is 9.62. The maximum absolute atomic E-state index is 13.8. The van der Waals surface area contributed by atoms with E-state index >= 15 is 0 Å². The molecule has 4 amide bonds. The largest absolute Gasteiger partial charge is 0.494 e. The number of amides is 4. The van der Waals surface area contributed by atoms with Crippen molar-refractivity contribution in [3.8, 4) is 11.5 Å². The van der Waals surface area contributed by atoms with Gasteiger partial charge in [-0.15, -0.1) is 0 Å². The smallest absolute Gasteiger partial charge is 0.276 e. The molecule has 0 atom stereocenters. The highest BCUT2D eigenvalue weighted by molar-refractivity contribution is 6.05. The van der Waals surface area contributed by atoms with Crippen LogP contribution in [-0.2, 0) is 26.2 Å². The van der Waals surface area contributed by atoms with Crippen LogP contribution in [0.15, 0.2) is 60.7 Å². The third-order valence-electron chi connectivity index (χ3n) is 10.9. The Morgan fingerprint density at radius 3 is 1.70 bits per heavy atom. The fraction of sp³-hybridized carbons (Fsp3) is 0.364. The van der Waals surface area contributed by atoms with Crippen molar-refractivity contribution in [3.63, 3.8) is 0 Å². The molecule has 19 heteroatoms. The molecule has 0 saturated carbocycles. The van der Waals surface area contributed by atoms with Gasteiger partial charge in [-0.3, -0.25) is 39.2 Å². The molecule has 7 rings (SSSR count). The number of hydrogen-bond acceptors (Lipinski definition) is 11. The number of methoxy groups -OCH3 is 1. The molecule has 0 radical (unpaired) electrons. The van der Waals surface area contributed by atoms with Gasteiger partial charge in [-0.05, 0) is 102 Å². The Morgan fingerprint density at radius 1 is 0.730 bits per heavy atom. The highest BCUT2D eigenvalue weighted by atomic mass is 16.5. The number of piperidine rings is 1. The summed E-state index contributed by atoms with van der Waals surface area (Å²) in [6.45, 7) is 10.9. The molecule has 0 spiro atoms. The van der Waals surface area contributed by atoms with Crippen LogP contribution in [0.4, 0.5) is 11.9 Å². The molecular weight excluding hydrogens is 807 g/mol. The van der Waals surface area contributed by atoms with Gasteiger partial charge in [-0.25, -0.2) is 9.97 Å². The number of nitrogens with zero attached hydrogens (tertiary/aromatic N) is 8. The quantitative estimate of drug-likeness (QED) is 0.0740. The van der Waals surface area contributed by atoms with E-state index in [0.717, 1.165) is 32.4 Å². The minimum Gasteiger partial charge on any atom is -0.494 e. The number of nitrogens with two attached hydrogens (primary N) is 2. The molecule has 0 aliphatic carbocycles. The number of benzene rings is 2. The molecule has 7 N–H and O–H groups in total. The number of primary amides is 2. The molecule has 5 heterocycles. The summed E-state index contributed by atoms with van der Waals surface area (Å²) in [5.41, 5.74) is 15.7. The van der Waals surface area contributed by atoms with Crippen LogP contribution in [0.5, 0.6) is 11.5 Å². The molecule has 19 nitrogen and oxygen atoms in total. The molecule has 1 saturated heterocycles. The van der Waals surface area contributed by atoms with E-state index in [1.54, 1.807) is 55.8 Å². The summed E-state index contributed by atoms with van der Waals surface area (Å²) in [6, 6.07) is 9.61. The SMILES string of the molecule is CCn1nc(C)cc1C(=O)Nc1nc2cc(C(N)=O)cc(OC)c2n1C/C=C/Cn1c(NC(=O)c2cc(C)nn2CC)nc2cc(C(N)=O)cc(OC/C=C/CC3CCNCC3)c21.